The second kappa shape index (κ2) is 6.16. The van der Waals surface area contributed by atoms with Gasteiger partial charge in [0.2, 0.25) is 10.0 Å². The summed E-state index contributed by atoms with van der Waals surface area (Å²) in [7, 11) is -2.05. The standard InChI is InChI=1S/C13H18Br2N2O3S/c1-13(20-2)4-3-5-17(8-13)21(18,19)12-10(15)6-9(14)7-11(12)16/h6-7H,3-5,8,16H2,1-2H3. The fourth-order valence-electron chi connectivity index (χ4n) is 2.51. The Hall–Kier alpha value is -0.150. The first-order chi connectivity index (χ1) is 9.69. The number of nitrogens with two attached hydrogens (primary N) is 1. The topological polar surface area (TPSA) is 72.6 Å². The molecular weight excluding hydrogens is 424 g/mol. The molecule has 0 aromatic heterocycles. The first kappa shape index (κ1) is 17.2. The summed E-state index contributed by atoms with van der Waals surface area (Å²) in [5.74, 6) is 0. The van der Waals surface area contributed by atoms with Crippen molar-refractivity contribution in [3.05, 3.63) is 21.1 Å². The van der Waals surface area contributed by atoms with Crippen molar-refractivity contribution in [3.63, 3.8) is 0 Å². The lowest BCUT2D eigenvalue weighted by atomic mass is 9.96. The van der Waals surface area contributed by atoms with Gasteiger partial charge in [0.25, 0.3) is 0 Å². The highest BCUT2D eigenvalue weighted by atomic mass is 79.9. The van der Waals surface area contributed by atoms with Gasteiger partial charge in [-0.25, -0.2) is 8.42 Å². The Morgan fingerprint density at radius 3 is 2.62 bits per heavy atom. The van der Waals surface area contributed by atoms with Crippen LogP contribution in [0.1, 0.15) is 19.8 Å². The number of nitrogens with zero attached hydrogens (tertiary/aromatic N) is 1. The van der Waals surface area contributed by atoms with Crippen LogP contribution in [0.15, 0.2) is 26.0 Å². The minimum atomic E-state index is -3.66. The van der Waals surface area contributed by atoms with Crippen molar-refractivity contribution in [3.8, 4) is 0 Å². The molecule has 0 radical (unpaired) electrons. The van der Waals surface area contributed by atoms with Gasteiger partial charge in [-0.2, -0.15) is 4.31 Å². The van der Waals surface area contributed by atoms with E-state index >= 15 is 0 Å². The zero-order valence-electron chi connectivity index (χ0n) is 11.9. The van der Waals surface area contributed by atoms with Gasteiger partial charge in [-0.15, -0.1) is 0 Å². The fraction of sp³-hybridized carbons (Fsp3) is 0.538. The molecule has 1 aromatic rings. The molecule has 0 saturated carbocycles. The van der Waals surface area contributed by atoms with Crippen LogP contribution in [0.5, 0.6) is 0 Å². The van der Waals surface area contributed by atoms with Gasteiger partial charge in [0.1, 0.15) is 4.90 Å². The van der Waals surface area contributed by atoms with Crippen molar-refractivity contribution in [1.29, 1.82) is 0 Å². The quantitative estimate of drug-likeness (QED) is 0.731. The first-order valence-corrected chi connectivity index (χ1v) is 9.52. The number of piperidine rings is 1. The highest BCUT2D eigenvalue weighted by Crippen LogP contribution is 2.36. The monoisotopic (exact) mass is 440 g/mol. The molecule has 0 aliphatic carbocycles. The van der Waals surface area contributed by atoms with E-state index in [1.54, 1.807) is 19.2 Å². The molecule has 0 spiro atoms. The third kappa shape index (κ3) is 3.44. The Morgan fingerprint density at radius 2 is 2.05 bits per heavy atom. The molecule has 1 aliphatic heterocycles. The lowest BCUT2D eigenvalue weighted by molar-refractivity contribution is -0.0319. The molecule has 2 N–H and O–H groups in total. The summed E-state index contributed by atoms with van der Waals surface area (Å²) in [4.78, 5) is 0.117. The van der Waals surface area contributed by atoms with Gasteiger partial charge in [0.15, 0.2) is 0 Å². The maximum atomic E-state index is 12.9. The third-order valence-corrected chi connectivity index (χ3v) is 7.06. The Kier molecular flexibility index (Phi) is 5.04. The van der Waals surface area contributed by atoms with E-state index < -0.39 is 15.6 Å². The summed E-state index contributed by atoms with van der Waals surface area (Å²) < 4.78 is 33.9. The molecule has 1 unspecified atom stereocenters. The Bertz CT molecular complexity index is 628. The van der Waals surface area contributed by atoms with Gasteiger partial charge in [-0.05, 0) is 47.8 Å². The van der Waals surface area contributed by atoms with Crippen LogP contribution in [0, 0.1) is 0 Å². The molecule has 0 bridgehead atoms. The van der Waals surface area contributed by atoms with Crippen LogP contribution in [0.4, 0.5) is 5.69 Å². The molecule has 1 saturated heterocycles. The van der Waals surface area contributed by atoms with Gasteiger partial charge in [-0.3, -0.25) is 0 Å². The predicted molar refractivity (Wildman–Crippen MR) is 89.7 cm³/mol. The normalized spacial score (nSPS) is 24.2. The SMILES string of the molecule is COC1(C)CCCN(S(=O)(=O)c2c(N)cc(Br)cc2Br)C1. The van der Waals surface area contributed by atoms with E-state index in [-0.39, 0.29) is 10.6 Å². The van der Waals surface area contributed by atoms with E-state index in [0.717, 1.165) is 17.3 Å². The molecule has 21 heavy (non-hydrogen) atoms. The number of rotatable bonds is 3. The van der Waals surface area contributed by atoms with E-state index in [4.69, 9.17) is 10.5 Å². The van der Waals surface area contributed by atoms with Crippen LogP contribution < -0.4 is 5.73 Å². The number of anilines is 1. The van der Waals surface area contributed by atoms with Crippen LogP contribution in [-0.2, 0) is 14.8 Å². The zero-order chi connectivity index (χ0) is 15.8. The van der Waals surface area contributed by atoms with Gasteiger partial charge >= 0.3 is 0 Å². The molecule has 5 nitrogen and oxygen atoms in total. The van der Waals surface area contributed by atoms with Crippen molar-refractivity contribution in [2.75, 3.05) is 25.9 Å². The summed E-state index contributed by atoms with van der Waals surface area (Å²) in [5, 5.41) is 0. The van der Waals surface area contributed by atoms with Gasteiger partial charge < -0.3 is 10.5 Å². The predicted octanol–water partition coefficient (Wildman–Crippen LogP) is 2.98. The van der Waals surface area contributed by atoms with Crippen LogP contribution >= 0.6 is 31.9 Å². The number of nitrogen functional groups attached to an aromatic ring is 1. The average molecular weight is 442 g/mol. The molecule has 1 fully saturated rings. The smallest absolute Gasteiger partial charge is 0.246 e. The van der Waals surface area contributed by atoms with E-state index in [1.807, 2.05) is 6.92 Å². The lowest BCUT2D eigenvalue weighted by Gasteiger charge is -2.38. The van der Waals surface area contributed by atoms with Gasteiger partial charge in [0.05, 0.1) is 11.3 Å². The molecule has 1 atom stereocenters. The third-order valence-electron chi connectivity index (χ3n) is 3.75. The van der Waals surface area contributed by atoms with Crippen LogP contribution in [0.2, 0.25) is 0 Å². The molecule has 8 heteroatoms. The number of halogens is 2. The van der Waals surface area contributed by atoms with E-state index in [9.17, 15) is 8.42 Å². The molecule has 118 valence electrons. The largest absolute Gasteiger partial charge is 0.398 e. The van der Waals surface area contributed by atoms with Crippen LogP contribution in [-0.4, -0.2) is 38.5 Å². The number of hydrogen-bond donors (Lipinski definition) is 1. The summed E-state index contributed by atoms with van der Waals surface area (Å²) in [6, 6.07) is 3.28. The number of sulfonamides is 1. The molecule has 1 aromatic carbocycles. The van der Waals surface area contributed by atoms with Crippen molar-refractivity contribution >= 4 is 47.6 Å². The minimum absolute atomic E-state index is 0.117. The number of ether oxygens (including phenoxy) is 1. The molecule has 2 rings (SSSR count). The summed E-state index contributed by atoms with van der Waals surface area (Å²) in [6.07, 6.45) is 1.60. The van der Waals surface area contributed by atoms with Crippen molar-refractivity contribution in [2.45, 2.75) is 30.3 Å². The van der Waals surface area contributed by atoms with Crippen molar-refractivity contribution in [2.24, 2.45) is 0 Å². The average Bonchev–Trinajstić information content (AvgIpc) is 2.37. The Labute approximate surface area is 142 Å². The lowest BCUT2D eigenvalue weighted by Crippen LogP contribution is -2.49. The first-order valence-electron chi connectivity index (χ1n) is 6.49. The molecular formula is C13H18Br2N2O3S. The second-order valence-corrected chi connectivity index (χ2v) is 9.05. The Morgan fingerprint density at radius 1 is 1.38 bits per heavy atom. The number of benzene rings is 1. The summed E-state index contributed by atoms with van der Waals surface area (Å²) in [5.41, 5.74) is 5.68. The van der Waals surface area contributed by atoms with E-state index in [0.29, 0.717) is 17.6 Å². The van der Waals surface area contributed by atoms with E-state index in [2.05, 4.69) is 31.9 Å². The Balaban J connectivity index is 2.43. The highest BCUT2D eigenvalue weighted by molar-refractivity contribution is 9.11. The fourth-order valence-corrected chi connectivity index (χ4v) is 6.12. The highest BCUT2D eigenvalue weighted by Gasteiger charge is 2.38. The summed E-state index contributed by atoms with van der Waals surface area (Å²) >= 11 is 6.60. The maximum absolute atomic E-state index is 12.9. The molecule has 0 amide bonds. The van der Waals surface area contributed by atoms with Crippen molar-refractivity contribution < 1.29 is 13.2 Å². The van der Waals surface area contributed by atoms with Crippen LogP contribution in [0.25, 0.3) is 0 Å². The van der Waals surface area contributed by atoms with Gasteiger partial charge in [-0.1, -0.05) is 15.9 Å². The van der Waals surface area contributed by atoms with Crippen molar-refractivity contribution in [1.82, 2.24) is 4.31 Å². The second-order valence-electron chi connectivity index (χ2n) is 5.40. The van der Waals surface area contributed by atoms with E-state index in [1.165, 1.54) is 4.31 Å². The minimum Gasteiger partial charge on any atom is -0.398 e. The molecule has 1 aliphatic rings. The zero-order valence-corrected chi connectivity index (χ0v) is 15.9. The molecule has 1 heterocycles. The van der Waals surface area contributed by atoms with Crippen LogP contribution in [0.3, 0.4) is 0 Å². The van der Waals surface area contributed by atoms with Gasteiger partial charge in [0, 0.05) is 29.1 Å². The number of methoxy groups -OCH3 is 1. The summed E-state index contributed by atoms with van der Waals surface area (Å²) in [6.45, 7) is 2.73. The number of hydrogen-bond acceptors (Lipinski definition) is 4. The maximum Gasteiger partial charge on any atom is 0.246 e.